The van der Waals surface area contributed by atoms with Crippen molar-refractivity contribution in [2.45, 2.75) is 44.8 Å². The summed E-state index contributed by atoms with van der Waals surface area (Å²) in [7, 11) is 3.55. The van der Waals surface area contributed by atoms with Crippen LogP contribution in [0.5, 0.6) is 0 Å². The molecule has 6 nitrogen and oxygen atoms in total. The summed E-state index contributed by atoms with van der Waals surface area (Å²) in [6, 6.07) is 6.18. The molecule has 0 radical (unpaired) electrons. The van der Waals surface area contributed by atoms with Crippen molar-refractivity contribution in [1.82, 2.24) is 19.7 Å². The Morgan fingerprint density at radius 1 is 1.30 bits per heavy atom. The molecule has 3 amide bonds. The highest BCUT2D eigenvalue weighted by Crippen LogP contribution is 2.32. The summed E-state index contributed by atoms with van der Waals surface area (Å²) >= 11 is 0. The summed E-state index contributed by atoms with van der Waals surface area (Å²) in [6.45, 7) is 3.21. The smallest absolute Gasteiger partial charge is 0.319 e. The van der Waals surface area contributed by atoms with Crippen molar-refractivity contribution in [3.05, 3.63) is 29.6 Å². The van der Waals surface area contributed by atoms with Crippen LogP contribution < -0.4 is 0 Å². The van der Waals surface area contributed by atoms with E-state index in [1.165, 1.54) is 0 Å². The summed E-state index contributed by atoms with van der Waals surface area (Å²) in [4.78, 5) is 34.7. The molecule has 0 unspecified atom stereocenters. The van der Waals surface area contributed by atoms with Gasteiger partial charge in [0.2, 0.25) is 5.91 Å². The van der Waals surface area contributed by atoms with Gasteiger partial charge in [0, 0.05) is 32.8 Å². The zero-order valence-corrected chi connectivity index (χ0v) is 14.0. The van der Waals surface area contributed by atoms with E-state index in [1.807, 2.05) is 34.9 Å². The number of nitrogens with zero attached hydrogens (tertiary/aromatic N) is 4. The molecule has 0 aromatic carbocycles. The topological polar surface area (TPSA) is 56.8 Å². The van der Waals surface area contributed by atoms with E-state index in [1.54, 1.807) is 19.0 Å². The summed E-state index contributed by atoms with van der Waals surface area (Å²) in [6.07, 6.45) is 2.12. The van der Waals surface area contributed by atoms with Crippen LogP contribution in [0.4, 0.5) is 4.79 Å². The SMILES string of the molecule is Cc1cccc(CN2C(=O)CC[C@@H]3[C@H]2CCN3C(=O)N(C)C)n1. The van der Waals surface area contributed by atoms with Crippen LogP contribution in [-0.4, -0.2) is 64.3 Å². The second-order valence-corrected chi connectivity index (χ2v) is 6.62. The molecular weight excluding hydrogens is 292 g/mol. The van der Waals surface area contributed by atoms with Crippen LogP contribution in [0.15, 0.2) is 18.2 Å². The Hall–Kier alpha value is -2.11. The first kappa shape index (κ1) is 15.8. The minimum atomic E-state index is 0.0421. The Kier molecular flexibility index (Phi) is 4.24. The number of carbonyl (C=O) groups is 2. The summed E-state index contributed by atoms with van der Waals surface area (Å²) in [5.41, 5.74) is 1.87. The standard InChI is InChI=1S/C17H24N4O2/c1-12-5-4-6-13(18-12)11-21-15-9-10-20(17(23)19(2)3)14(15)7-8-16(21)22/h4-6,14-15H,7-11H2,1-3H3/t14-,15-/m1/s1. The van der Waals surface area contributed by atoms with Gasteiger partial charge in [-0.3, -0.25) is 9.78 Å². The van der Waals surface area contributed by atoms with Gasteiger partial charge < -0.3 is 14.7 Å². The van der Waals surface area contributed by atoms with Gasteiger partial charge in [-0.15, -0.1) is 0 Å². The van der Waals surface area contributed by atoms with Gasteiger partial charge in [-0.2, -0.15) is 0 Å². The molecular formula is C17H24N4O2. The number of carbonyl (C=O) groups excluding carboxylic acids is 2. The minimum absolute atomic E-state index is 0.0421. The molecule has 2 saturated heterocycles. The van der Waals surface area contributed by atoms with Crippen molar-refractivity contribution in [3.8, 4) is 0 Å². The third kappa shape index (κ3) is 3.02. The van der Waals surface area contributed by atoms with E-state index >= 15 is 0 Å². The van der Waals surface area contributed by atoms with Crippen molar-refractivity contribution in [3.63, 3.8) is 0 Å². The average molecular weight is 316 g/mol. The molecule has 0 aliphatic carbocycles. The highest BCUT2D eigenvalue weighted by Gasteiger charge is 2.45. The van der Waals surface area contributed by atoms with Crippen molar-refractivity contribution >= 4 is 11.9 Å². The van der Waals surface area contributed by atoms with E-state index in [2.05, 4.69) is 4.98 Å². The fraction of sp³-hybridized carbons (Fsp3) is 0.588. The molecule has 2 fully saturated rings. The largest absolute Gasteiger partial charge is 0.332 e. The van der Waals surface area contributed by atoms with Gasteiger partial charge in [0.1, 0.15) is 0 Å². The molecule has 124 valence electrons. The maximum absolute atomic E-state index is 12.4. The van der Waals surface area contributed by atoms with Crippen molar-refractivity contribution in [2.24, 2.45) is 0 Å². The molecule has 1 aromatic rings. The number of rotatable bonds is 2. The van der Waals surface area contributed by atoms with Gasteiger partial charge in [0.05, 0.1) is 24.3 Å². The fourth-order valence-electron chi connectivity index (χ4n) is 3.71. The number of piperidine rings is 1. The number of aryl methyl sites for hydroxylation is 1. The zero-order valence-electron chi connectivity index (χ0n) is 14.0. The summed E-state index contributed by atoms with van der Waals surface area (Å²) < 4.78 is 0. The molecule has 3 heterocycles. The first-order valence-corrected chi connectivity index (χ1v) is 8.17. The highest BCUT2D eigenvalue weighted by molar-refractivity contribution is 5.79. The van der Waals surface area contributed by atoms with E-state index in [0.717, 1.165) is 30.8 Å². The van der Waals surface area contributed by atoms with Crippen LogP contribution in [0.2, 0.25) is 0 Å². The number of aromatic nitrogens is 1. The van der Waals surface area contributed by atoms with Crippen LogP contribution in [0.25, 0.3) is 0 Å². The minimum Gasteiger partial charge on any atom is -0.332 e. The Morgan fingerprint density at radius 3 is 2.78 bits per heavy atom. The Labute approximate surface area is 137 Å². The predicted octanol–water partition coefficient (Wildman–Crippen LogP) is 1.64. The lowest BCUT2D eigenvalue weighted by atomic mass is 9.96. The second-order valence-electron chi connectivity index (χ2n) is 6.62. The number of hydrogen-bond donors (Lipinski definition) is 0. The Morgan fingerprint density at radius 2 is 2.09 bits per heavy atom. The van der Waals surface area contributed by atoms with Crippen molar-refractivity contribution in [1.29, 1.82) is 0 Å². The van der Waals surface area contributed by atoms with Crippen LogP contribution in [0, 0.1) is 6.92 Å². The predicted molar refractivity (Wildman–Crippen MR) is 86.7 cm³/mol. The van der Waals surface area contributed by atoms with Gasteiger partial charge in [0.15, 0.2) is 0 Å². The van der Waals surface area contributed by atoms with E-state index in [9.17, 15) is 9.59 Å². The summed E-state index contributed by atoms with van der Waals surface area (Å²) in [5, 5.41) is 0. The number of urea groups is 1. The number of amides is 3. The molecule has 0 saturated carbocycles. The lowest BCUT2D eigenvalue weighted by molar-refractivity contribution is -0.138. The number of likely N-dealkylation sites (tertiary alicyclic amines) is 2. The molecule has 2 atom stereocenters. The van der Waals surface area contributed by atoms with Crippen LogP contribution in [0.3, 0.4) is 0 Å². The molecule has 2 aliphatic heterocycles. The van der Waals surface area contributed by atoms with Gasteiger partial charge in [0.25, 0.3) is 0 Å². The quantitative estimate of drug-likeness (QED) is 0.833. The lowest BCUT2D eigenvalue weighted by Crippen LogP contribution is -2.54. The monoisotopic (exact) mass is 316 g/mol. The van der Waals surface area contributed by atoms with Crippen LogP contribution >= 0.6 is 0 Å². The van der Waals surface area contributed by atoms with Crippen molar-refractivity contribution < 1.29 is 9.59 Å². The number of fused-ring (bicyclic) bond motifs is 1. The van der Waals surface area contributed by atoms with E-state index in [0.29, 0.717) is 13.0 Å². The van der Waals surface area contributed by atoms with E-state index < -0.39 is 0 Å². The number of hydrogen-bond acceptors (Lipinski definition) is 3. The molecule has 0 N–H and O–H groups in total. The maximum atomic E-state index is 12.4. The zero-order chi connectivity index (χ0) is 16.6. The molecule has 6 heteroatoms. The second kappa shape index (κ2) is 6.18. The molecule has 3 rings (SSSR count). The van der Waals surface area contributed by atoms with Gasteiger partial charge in [-0.1, -0.05) is 6.07 Å². The van der Waals surface area contributed by atoms with Gasteiger partial charge in [-0.05, 0) is 31.9 Å². The third-order valence-electron chi connectivity index (χ3n) is 4.79. The third-order valence-corrected chi connectivity index (χ3v) is 4.79. The van der Waals surface area contributed by atoms with Gasteiger partial charge in [-0.25, -0.2) is 4.79 Å². The van der Waals surface area contributed by atoms with Crippen LogP contribution in [0.1, 0.15) is 30.7 Å². The maximum Gasteiger partial charge on any atom is 0.319 e. The molecule has 23 heavy (non-hydrogen) atoms. The lowest BCUT2D eigenvalue weighted by Gasteiger charge is -2.40. The fourth-order valence-corrected chi connectivity index (χ4v) is 3.71. The van der Waals surface area contributed by atoms with E-state index in [4.69, 9.17) is 0 Å². The number of pyridine rings is 1. The normalized spacial score (nSPS) is 23.9. The molecule has 0 spiro atoms. The van der Waals surface area contributed by atoms with E-state index in [-0.39, 0.29) is 24.0 Å². The highest BCUT2D eigenvalue weighted by atomic mass is 16.2. The Balaban J connectivity index is 1.78. The van der Waals surface area contributed by atoms with Crippen LogP contribution in [-0.2, 0) is 11.3 Å². The first-order chi connectivity index (χ1) is 11.0. The summed E-state index contributed by atoms with van der Waals surface area (Å²) in [5.74, 6) is 0.175. The first-order valence-electron chi connectivity index (χ1n) is 8.17. The van der Waals surface area contributed by atoms with Gasteiger partial charge >= 0.3 is 6.03 Å². The molecule has 0 bridgehead atoms. The molecule has 1 aromatic heterocycles. The Bertz CT molecular complexity index is 616. The molecule has 2 aliphatic rings. The average Bonchev–Trinajstić information content (AvgIpc) is 2.93. The van der Waals surface area contributed by atoms with Crippen molar-refractivity contribution in [2.75, 3.05) is 20.6 Å².